The number of anilines is 3. The molecule has 0 saturated carbocycles. The number of nitrogens with zero attached hydrogens (tertiary/aromatic N) is 5. The Labute approximate surface area is 285 Å². The van der Waals surface area contributed by atoms with Crippen LogP contribution in [0.15, 0.2) is 78.3 Å². The standard InChI is InChI=1S/C37H41N7O3S/c1-7-44(8-2)20-19-43(6)36(46)27-15-17-29(18-16-27)40-37-38-22-31(34(45)41-33-24(3)11-9-12-25(33)4)35(42-37)47-30-14-10-13-28(21-30)32-23-48-26(5)39-32/h9-18,21-23H,7-8,19-20H2,1-6H3,(H,41,45)(H,38,40,42). The van der Waals surface area contributed by atoms with Gasteiger partial charge in [0, 0.05) is 54.2 Å². The highest BCUT2D eigenvalue weighted by atomic mass is 32.1. The molecule has 48 heavy (non-hydrogen) atoms. The first kappa shape index (κ1) is 34.2. The van der Waals surface area contributed by atoms with Gasteiger partial charge in [-0.1, -0.05) is 44.2 Å². The first-order chi connectivity index (χ1) is 23.1. The van der Waals surface area contributed by atoms with Crippen molar-refractivity contribution in [2.45, 2.75) is 34.6 Å². The summed E-state index contributed by atoms with van der Waals surface area (Å²) in [4.78, 5) is 44.3. The molecule has 5 rings (SSSR count). The van der Waals surface area contributed by atoms with Gasteiger partial charge in [0.2, 0.25) is 11.8 Å². The van der Waals surface area contributed by atoms with Gasteiger partial charge in [-0.2, -0.15) is 4.98 Å². The molecule has 0 bridgehead atoms. The SMILES string of the molecule is CCN(CC)CCN(C)C(=O)c1ccc(Nc2ncc(C(=O)Nc3c(C)cccc3C)c(Oc3cccc(-c4csc(C)n4)c3)n2)cc1. The Morgan fingerprint density at radius 3 is 2.27 bits per heavy atom. The molecule has 0 fully saturated rings. The lowest BCUT2D eigenvalue weighted by atomic mass is 10.1. The van der Waals surface area contributed by atoms with E-state index >= 15 is 0 Å². The van der Waals surface area contributed by atoms with Gasteiger partial charge in [0.25, 0.3) is 11.8 Å². The van der Waals surface area contributed by atoms with Gasteiger partial charge >= 0.3 is 0 Å². The van der Waals surface area contributed by atoms with E-state index in [0.717, 1.165) is 52.7 Å². The van der Waals surface area contributed by atoms with Crippen LogP contribution in [0.1, 0.15) is 50.7 Å². The fourth-order valence-electron chi connectivity index (χ4n) is 5.16. The molecule has 0 aliphatic carbocycles. The van der Waals surface area contributed by atoms with E-state index in [9.17, 15) is 9.59 Å². The van der Waals surface area contributed by atoms with Crippen LogP contribution in [0.2, 0.25) is 0 Å². The van der Waals surface area contributed by atoms with E-state index in [2.05, 4.69) is 44.3 Å². The van der Waals surface area contributed by atoms with Crippen LogP contribution in [-0.4, -0.2) is 69.8 Å². The number of likely N-dealkylation sites (N-methyl/N-ethyl adjacent to an activating group) is 2. The van der Waals surface area contributed by atoms with Crippen LogP contribution in [0.4, 0.5) is 17.3 Å². The summed E-state index contributed by atoms with van der Waals surface area (Å²) < 4.78 is 6.28. The van der Waals surface area contributed by atoms with E-state index < -0.39 is 5.91 Å². The predicted molar refractivity (Wildman–Crippen MR) is 193 cm³/mol. The molecule has 11 heteroatoms. The normalized spacial score (nSPS) is 11.0. The molecule has 2 aromatic heterocycles. The summed E-state index contributed by atoms with van der Waals surface area (Å²) in [5.74, 6) is 0.375. The molecule has 3 aromatic carbocycles. The molecule has 2 N–H and O–H groups in total. The number of para-hydroxylation sites is 1. The Hall–Kier alpha value is -5.13. The van der Waals surface area contributed by atoms with Crippen LogP contribution in [0, 0.1) is 20.8 Å². The van der Waals surface area contributed by atoms with Crippen molar-refractivity contribution < 1.29 is 14.3 Å². The van der Waals surface area contributed by atoms with Crippen molar-refractivity contribution in [2.24, 2.45) is 0 Å². The van der Waals surface area contributed by atoms with Crippen LogP contribution in [0.5, 0.6) is 11.6 Å². The summed E-state index contributed by atoms with van der Waals surface area (Å²) in [6, 6.07) is 20.5. The minimum atomic E-state index is -0.395. The quantitative estimate of drug-likeness (QED) is 0.132. The number of benzene rings is 3. The summed E-state index contributed by atoms with van der Waals surface area (Å²) in [5.41, 5.74) is 5.77. The number of hydrogen-bond acceptors (Lipinski definition) is 9. The van der Waals surface area contributed by atoms with Gasteiger partial charge in [-0.25, -0.2) is 9.97 Å². The van der Waals surface area contributed by atoms with Gasteiger partial charge in [-0.3, -0.25) is 9.59 Å². The molecule has 0 atom stereocenters. The first-order valence-electron chi connectivity index (χ1n) is 15.9. The summed E-state index contributed by atoms with van der Waals surface area (Å²) in [6.45, 7) is 13.4. The average Bonchev–Trinajstić information content (AvgIpc) is 3.53. The van der Waals surface area contributed by atoms with Crippen molar-refractivity contribution in [1.82, 2.24) is 24.8 Å². The third-order valence-electron chi connectivity index (χ3n) is 8.06. The van der Waals surface area contributed by atoms with Crippen molar-refractivity contribution in [1.29, 1.82) is 0 Å². The number of aromatic nitrogens is 3. The Balaban J connectivity index is 1.38. The van der Waals surface area contributed by atoms with Gasteiger partial charge in [0.05, 0.1) is 10.7 Å². The fraction of sp³-hybridized carbons (Fsp3) is 0.270. The monoisotopic (exact) mass is 663 g/mol. The second-order valence-electron chi connectivity index (χ2n) is 11.5. The molecule has 0 aliphatic rings. The van der Waals surface area contributed by atoms with Crippen molar-refractivity contribution in [2.75, 3.05) is 43.9 Å². The molecule has 2 heterocycles. The molecule has 0 aliphatic heterocycles. The van der Waals surface area contributed by atoms with Gasteiger partial charge in [0.1, 0.15) is 11.3 Å². The summed E-state index contributed by atoms with van der Waals surface area (Å²) in [7, 11) is 1.82. The average molecular weight is 664 g/mol. The number of amides is 2. The third kappa shape index (κ3) is 8.41. The summed E-state index contributed by atoms with van der Waals surface area (Å²) >= 11 is 1.57. The van der Waals surface area contributed by atoms with Crippen LogP contribution < -0.4 is 15.4 Å². The number of ether oxygens (including phenoxy) is 1. The van der Waals surface area contributed by atoms with Crippen LogP contribution in [0.25, 0.3) is 11.3 Å². The van der Waals surface area contributed by atoms with Crippen molar-refractivity contribution in [3.8, 4) is 22.9 Å². The molecule has 5 aromatic rings. The number of carbonyl (C=O) groups excluding carboxylic acids is 2. The van der Waals surface area contributed by atoms with E-state index in [0.29, 0.717) is 23.5 Å². The van der Waals surface area contributed by atoms with Gasteiger partial charge in [-0.05, 0) is 81.4 Å². The Bertz CT molecular complexity index is 1870. The maximum atomic E-state index is 13.6. The number of aryl methyl sites for hydroxylation is 3. The molecule has 248 valence electrons. The number of nitrogens with one attached hydrogen (secondary N) is 2. The topological polar surface area (TPSA) is 113 Å². The highest BCUT2D eigenvalue weighted by Crippen LogP contribution is 2.31. The van der Waals surface area contributed by atoms with Crippen molar-refractivity contribution >= 4 is 40.5 Å². The van der Waals surface area contributed by atoms with E-state index in [-0.39, 0.29) is 23.3 Å². The smallest absolute Gasteiger partial charge is 0.262 e. The van der Waals surface area contributed by atoms with E-state index in [4.69, 9.17) is 4.74 Å². The lowest BCUT2D eigenvalue weighted by Crippen LogP contribution is -2.36. The Morgan fingerprint density at radius 1 is 0.896 bits per heavy atom. The van der Waals surface area contributed by atoms with Gasteiger partial charge in [0.15, 0.2) is 0 Å². The zero-order valence-electron chi connectivity index (χ0n) is 28.2. The molecular formula is C37H41N7O3S. The molecular weight excluding hydrogens is 623 g/mol. The molecule has 2 amide bonds. The molecule has 0 saturated heterocycles. The molecule has 10 nitrogen and oxygen atoms in total. The molecule has 0 unspecified atom stereocenters. The predicted octanol–water partition coefficient (Wildman–Crippen LogP) is 7.73. The largest absolute Gasteiger partial charge is 0.438 e. The maximum absolute atomic E-state index is 13.6. The number of rotatable bonds is 13. The van der Waals surface area contributed by atoms with Crippen LogP contribution in [0.3, 0.4) is 0 Å². The lowest BCUT2D eigenvalue weighted by Gasteiger charge is -2.23. The highest BCUT2D eigenvalue weighted by molar-refractivity contribution is 7.09. The van der Waals surface area contributed by atoms with E-state index in [1.807, 2.05) is 69.6 Å². The number of thiazole rings is 1. The van der Waals surface area contributed by atoms with Crippen molar-refractivity contribution in [3.63, 3.8) is 0 Å². The lowest BCUT2D eigenvalue weighted by molar-refractivity contribution is 0.0779. The fourth-order valence-corrected chi connectivity index (χ4v) is 5.78. The Kier molecular flexibility index (Phi) is 11.1. The zero-order valence-corrected chi connectivity index (χ0v) is 29.0. The van der Waals surface area contributed by atoms with E-state index in [1.54, 1.807) is 46.6 Å². The number of carbonyl (C=O) groups is 2. The summed E-state index contributed by atoms with van der Waals surface area (Å²) in [6.07, 6.45) is 1.45. The molecule has 0 spiro atoms. The first-order valence-corrected chi connectivity index (χ1v) is 16.8. The van der Waals surface area contributed by atoms with Gasteiger partial charge < -0.3 is 25.2 Å². The zero-order chi connectivity index (χ0) is 34.2. The minimum absolute atomic E-state index is 0.0464. The minimum Gasteiger partial charge on any atom is -0.438 e. The van der Waals surface area contributed by atoms with Gasteiger partial charge in [-0.15, -0.1) is 11.3 Å². The Morgan fingerprint density at radius 2 is 1.60 bits per heavy atom. The third-order valence-corrected chi connectivity index (χ3v) is 8.84. The second-order valence-corrected chi connectivity index (χ2v) is 12.5. The second kappa shape index (κ2) is 15.6. The highest BCUT2D eigenvalue weighted by Gasteiger charge is 2.20. The van der Waals surface area contributed by atoms with Crippen LogP contribution in [-0.2, 0) is 0 Å². The molecule has 0 radical (unpaired) electrons. The maximum Gasteiger partial charge on any atom is 0.262 e. The number of hydrogen-bond donors (Lipinski definition) is 2. The van der Waals surface area contributed by atoms with E-state index in [1.165, 1.54) is 6.20 Å². The van der Waals surface area contributed by atoms with Crippen LogP contribution >= 0.6 is 11.3 Å². The van der Waals surface area contributed by atoms with Crippen molar-refractivity contribution in [3.05, 3.63) is 106 Å². The summed E-state index contributed by atoms with van der Waals surface area (Å²) in [5, 5.41) is 9.15.